The van der Waals surface area contributed by atoms with Crippen molar-refractivity contribution in [2.24, 2.45) is 0 Å². The van der Waals surface area contributed by atoms with E-state index in [0.29, 0.717) is 6.04 Å². The molecule has 0 amide bonds. The molecule has 1 aromatic carbocycles. The van der Waals surface area contributed by atoms with Crippen LogP contribution in [0.2, 0.25) is 0 Å². The van der Waals surface area contributed by atoms with Crippen molar-refractivity contribution in [2.45, 2.75) is 39.7 Å². The van der Waals surface area contributed by atoms with E-state index in [9.17, 15) is 0 Å². The van der Waals surface area contributed by atoms with Crippen molar-refractivity contribution in [3.8, 4) is 0 Å². The molecule has 1 aromatic rings. The summed E-state index contributed by atoms with van der Waals surface area (Å²) < 4.78 is 0. The van der Waals surface area contributed by atoms with Gasteiger partial charge in [0.2, 0.25) is 0 Å². The van der Waals surface area contributed by atoms with Gasteiger partial charge in [0.15, 0.2) is 0 Å². The summed E-state index contributed by atoms with van der Waals surface area (Å²) in [6.45, 7) is 6.69. The van der Waals surface area contributed by atoms with Crippen molar-refractivity contribution < 1.29 is 4.79 Å². The zero-order chi connectivity index (χ0) is 13.1. The molecule has 96 valence electrons. The molecule has 0 aromatic heterocycles. The van der Waals surface area contributed by atoms with E-state index in [1.54, 1.807) is 0 Å². The molecule has 1 fully saturated rings. The molecule has 0 radical (unpaired) electrons. The molecule has 1 saturated heterocycles. The van der Waals surface area contributed by atoms with E-state index in [2.05, 4.69) is 42.3 Å². The Bertz CT molecular complexity index is 284. The van der Waals surface area contributed by atoms with Crippen molar-refractivity contribution in [3.05, 3.63) is 35.9 Å². The predicted molar refractivity (Wildman–Crippen MR) is 74.1 cm³/mol. The highest BCUT2D eigenvalue weighted by molar-refractivity contribution is 5.44. The molecule has 0 aliphatic carbocycles. The molecule has 0 spiro atoms. The largest absolute Gasteiger partial charge is 0.304 e. The van der Waals surface area contributed by atoms with Crippen LogP contribution < -0.4 is 0 Å². The van der Waals surface area contributed by atoms with Gasteiger partial charge in [-0.3, -0.25) is 4.90 Å². The standard InChI is InChI=1S/C11H15N.C2H4O.C2H6/c1-12-9-5-8-11(12)10-6-3-2-4-7-10;1-2-3;1-2/h2-4,6-7,11H,5,8-9H2,1H3;2H,1H3;1-2H3. The maximum absolute atomic E-state index is 8.81. The highest BCUT2D eigenvalue weighted by Gasteiger charge is 2.21. The van der Waals surface area contributed by atoms with Crippen LogP contribution in [0, 0.1) is 0 Å². The molecule has 1 heterocycles. The van der Waals surface area contributed by atoms with Crippen molar-refractivity contribution in [1.82, 2.24) is 4.90 Å². The monoisotopic (exact) mass is 235 g/mol. The minimum Gasteiger partial charge on any atom is -0.304 e. The van der Waals surface area contributed by atoms with Crippen LogP contribution in [-0.4, -0.2) is 24.8 Å². The number of carbonyl (C=O) groups excluding carboxylic acids is 1. The van der Waals surface area contributed by atoms with Gasteiger partial charge in [0.1, 0.15) is 6.29 Å². The zero-order valence-electron chi connectivity index (χ0n) is 11.5. The summed E-state index contributed by atoms with van der Waals surface area (Å²) in [4.78, 5) is 11.2. The van der Waals surface area contributed by atoms with Gasteiger partial charge in [-0.05, 0) is 38.9 Å². The van der Waals surface area contributed by atoms with E-state index in [4.69, 9.17) is 4.79 Å². The molecule has 0 bridgehead atoms. The molecule has 2 rings (SSSR count). The first-order valence-corrected chi connectivity index (χ1v) is 6.44. The zero-order valence-corrected chi connectivity index (χ0v) is 11.5. The summed E-state index contributed by atoms with van der Waals surface area (Å²) in [5, 5.41) is 0. The number of nitrogens with zero attached hydrogens (tertiary/aromatic N) is 1. The first kappa shape index (κ1) is 15.9. The Hall–Kier alpha value is -1.15. The second-order valence-electron chi connectivity index (χ2n) is 3.79. The summed E-state index contributed by atoms with van der Waals surface area (Å²) in [7, 11) is 2.21. The van der Waals surface area contributed by atoms with Gasteiger partial charge >= 0.3 is 0 Å². The topological polar surface area (TPSA) is 20.3 Å². The summed E-state index contributed by atoms with van der Waals surface area (Å²) in [5.74, 6) is 0. The SMILES string of the molecule is CC.CC=O.CN1CCCC1c1ccccc1. The molecule has 1 aliphatic rings. The second-order valence-corrected chi connectivity index (χ2v) is 3.79. The van der Waals surface area contributed by atoms with Crippen molar-refractivity contribution in [1.29, 1.82) is 0 Å². The Kier molecular flexibility index (Phi) is 9.35. The molecule has 0 N–H and O–H groups in total. The average molecular weight is 235 g/mol. The smallest absolute Gasteiger partial charge is 0.116 e. The normalized spacial score (nSPS) is 18.5. The molecule has 1 aliphatic heterocycles. The molecular formula is C15H25NO. The fraction of sp³-hybridized carbons (Fsp3) is 0.533. The fourth-order valence-corrected chi connectivity index (χ4v) is 2.01. The van der Waals surface area contributed by atoms with Crippen LogP contribution >= 0.6 is 0 Å². The minimum atomic E-state index is 0.672. The lowest BCUT2D eigenvalue weighted by atomic mass is 10.1. The summed E-state index contributed by atoms with van der Waals surface area (Å²) in [5.41, 5.74) is 1.47. The Labute approximate surface area is 106 Å². The lowest BCUT2D eigenvalue weighted by molar-refractivity contribution is -0.106. The molecule has 1 unspecified atom stereocenters. The molecule has 2 heteroatoms. The van der Waals surface area contributed by atoms with E-state index in [-0.39, 0.29) is 0 Å². The lowest BCUT2D eigenvalue weighted by Crippen LogP contribution is -2.17. The van der Waals surface area contributed by atoms with Crippen LogP contribution in [0.15, 0.2) is 30.3 Å². The van der Waals surface area contributed by atoms with Crippen LogP contribution in [0.25, 0.3) is 0 Å². The van der Waals surface area contributed by atoms with Crippen LogP contribution in [-0.2, 0) is 4.79 Å². The summed E-state index contributed by atoms with van der Waals surface area (Å²) in [6.07, 6.45) is 3.41. The van der Waals surface area contributed by atoms with Gasteiger partial charge in [0, 0.05) is 6.04 Å². The first-order chi connectivity index (χ1) is 8.29. The Morgan fingerprint density at radius 3 is 2.18 bits per heavy atom. The third-order valence-electron chi connectivity index (χ3n) is 2.70. The van der Waals surface area contributed by atoms with E-state index < -0.39 is 0 Å². The van der Waals surface area contributed by atoms with E-state index >= 15 is 0 Å². The number of rotatable bonds is 1. The van der Waals surface area contributed by atoms with Crippen LogP contribution in [0.5, 0.6) is 0 Å². The number of benzene rings is 1. The maximum atomic E-state index is 8.81. The van der Waals surface area contributed by atoms with Gasteiger partial charge < -0.3 is 4.79 Å². The maximum Gasteiger partial charge on any atom is 0.116 e. The quantitative estimate of drug-likeness (QED) is 0.692. The molecular weight excluding hydrogens is 210 g/mol. The van der Waals surface area contributed by atoms with Gasteiger partial charge in [0.05, 0.1) is 0 Å². The number of carbonyl (C=O) groups is 1. The summed E-state index contributed by atoms with van der Waals surface area (Å²) in [6, 6.07) is 11.5. The highest BCUT2D eigenvalue weighted by Crippen LogP contribution is 2.29. The number of hydrogen-bond acceptors (Lipinski definition) is 2. The van der Waals surface area contributed by atoms with Crippen LogP contribution in [0.4, 0.5) is 0 Å². The summed E-state index contributed by atoms with van der Waals surface area (Å²) >= 11 is 0. The average Bonchev–Trinajstić information content (AvgIpc) is 2.80. The van der Waals surface area contributed by atoms with E-state index in [1.807, 2.05) is 13.8 Å². The Morgan fingerprint density at radius 1 is 1.24 bits per heavy atom. The number of aldehydes is 1. The van der Waals surface area contributed by atoms with Gasteiger partial charge in [-0.2, -0.15) is 0 Å². The van der Waals surface area contributed by atoms with Crippen LogP contribution in [0.1, 0.15) is 45.2 Å². The Morgan fingerprint density at radius 2 is 1.76 bits per heavy atom. The predicted octanol–water partition coefficient (Wildman–Crippen LogP) is 3.68. The molecule has 0 saturated carbocycles. The van der Waals surface area contributed by atoms with Gasteiger partial charge in [0.25, 0.3) is 0 Å². The third kappa shape index (κ3) is 5.64. The fourth-order valence-electron chi connectivity index (χ4n) is 2.01. The first-order valence-electron chi connectivity index (χ1n) is 6.44. The van der Waals surface area contributed by atoms with Crippen LogP contribution in [0.3, 0.4) is 0 Å². The van der Waals surface area contributed by atoms with Crippen molar-refractivity contribution >= 4 is 6.29 Å². The molecule has 17 heavy (non-hydrogen) atoms. The minimum absolute atomic E-state index is 0.672. The molecule has 2 nitrogen and oxygen atoms in total. The second kappa shape index (κ2) is 10.0. The lowest BCUT2D eigenvalue weighted by Gasteiger charge is -2.19. The van der Waals surface area contributed by atoms with E-state index in [1.165, 1.54) is 31.9 Å². The Balaban J connectivity index is 0.000000450. The van der Waals surface area contributed by atoms with Gasteiger partial charge in [-0.25, -0.2) is 0 Å². The highest BCUT2D eigenvalue weighted by atomic mass is 16.1. The van der Waals surface area contributed by atoms with Gasteiger partial charge in [-0.1, -0.05) is 44.2 Å². The van der Waals surface area contributed by atoms with Gasteiger partial charge in [-0.15, -0.1) is 0 Å². The number of likely N-dealkylation sites (tertiary alicyclic amines) is 1. The van der Waals surface area contributed by atoms with Crippen molar-refractivity contribution in [3.63, 3.8) is 0 Å². The van der Waals surface area contributed by atoms with Crippen molar-refractivity contribution in [2.75, 3.05) is 13.6 Å². The third-order valence-corrected chi connectivity index (χ3v) is 2.70. The number of hydrogen-bond donors (Lipinski definition) is 0. The molecule has 1 atom stereocenters. The van der Waals surface area contributed by atoms with E-state index in [0.717, 1.165) is 6.29 Å².